The second-order valence-corrected chi connectivity index (χ2v) is 6.22. The van der Waals surface area contributed by atoms with Crippen LogP contribution in [0.2, 0.25) is 0 Å². The Balaban J connectivity index is 1.83. The molecule has 0 aliphatic carbocycles. The minimum absolute atomic E-state index is 0.343. The van der Waals surface area contributed by atoms with Gasteiger partial charge in [-0.1, -0.05) is 24.3 Å². The standard InChI is InChI=1S/C19H15NO4S/c1-2-24-16-9-7-15(8-10-16)20-18(22)17(25-19(20)23)11-13-3-5-14(12-21)6-4-13/h3-12H,2H2,1H3. The Hall–Kier alpha value is -2.86. The van der Waals surface area contributed by atoms with E-state index in [1.807, 2.05) is 6.92 Å². The van der Waals surface area contributed by atoms with Crippen LogP contribution < -0.4 is 9.64 Å². The van der Waals surface area contributed by atoms with Crippen molar-refractivity contribution in [2.45, 2.75) is 6.92 Å². The van der Waals surface area contributed by atoms with E-state index in [-0.39, 0.29) is 11.1 Å². The molecule has 3 rings (SSSR count). The summed E-state index contributed by atoms with van der Waals surface area (Å²) in [4.78, 5) is 37.0. The van der Waals surface area contributed by atoms with Gasteiger partial charge in [0.05, 0.1) is 17.2 Å². The lowest BCUT2D eigenvalue weighted by atomic mass is 10.1. The number of benzene rings is 2. The van der Waals surface area contributed by atoms with Crippen molar-refractivity contribution < 1.29 is 19.1 Å². The monoisotopic (exact) mass is 353 g/mol. The number of thioether (sulfide) groups is 1. The molecule has 2 aromatic carbocycles. The highest BCUT2D eigenvalue weighted by Crippen LogP contribution is 2.36. The Bertz CT molecular complexity index is 841. The lowest BCUT2D eigenvalue weighted by molar-refractivity contribution is -0.113. The highest BCUT2D eigenvalue weighted by atomic mass is 32.2. The number of aldehydes is 1. The van der Waals surface area contributed by atoms with Gasteiger partial charge in [0.25, 0.3) is 11.1 Å². The van der Waals surface area contributed by atoms with Crippen LogP contribution >= 0.6 is 11.8 Å². The van der Waals surface area contributed by atoms with E-state index >= 15 is 0 Å². The van der Waals surface area contributed by atoms with Crippen molar-refractivity contribution in [1.29, 1.82) is 0 Å². The molecule has 2 aromatic rings. The normalized spacial score (nSPS) is 15.7. The summed E-state index contributed by atoms with van der Waals surface area (Å²) < 4.78 is 5.37. The number of rotatable bonds is 5. The Morgan fingerprint density at radius 3 is 2.24 bits per heavy atom. The summed E-state index contributed by atoms with van der Waals surface area (Å²) in [5, 5.41) is -0.343. The molecular formula is C19H15NO4S. The van der Waals surface area contributed by atoms with Crippen LogP contribution in [0.4, 0.5) is 10.5 Å². The zero-order chi connectivity index (χ0) is 17.8. The molecule has 1 fully saturated rings. The SMILES string of the molecule is CCOc1ccc(N2C(=O)SC(=Cc3ccc(C=O)cc3)C2=O)cc1. The first-order valence-corrected chi connectivity index (χ1v) is 8.50. The van der Waals surface area contributed by atoms with Crippen molar-refractivity contribution in [3.8, 4) is 5.75 Å². The van der Waals surface area contributed by atoms with E-state index in [0.29, 0.717) is 28.5 Å². The molecule has 0 aromatic heterocycles. The maximum atomic E-state index is 12.6. The molecule has 126 valence electrons. The smallest absolute Gasteiger partial charge is 0.298 e. The molecule has 0 N–H and O–H groups in total. The lowest BCUT2D eigenvalue weighted by Gasteiger charge is -2.13. The number of carbonyl (C=O) groups is 3. The minimum Gasteiger partial charge on any atom is -0.494 e. The van der Waals surface area contributed by atoms with Crippen LogP contribution in [0, 0.1) is 0 Å². The Labute approximate surface area is 149 Å². The fourth-order valence-electron chi connectivity index (χ4n) is 2.37. The van der Waals surface area contributed by atoms with Gasteiger partial charge in [-0.25, -0.2) is 4.90 Å². The van der Waals surface area contributed by atoms with Gasteiger partial charge < -0.3 is 4.74 Å². The zero-order valence-electron chi connectivity index (χ0n) is 13.5. The molecule has 1 heterocycles. The summed E-state index contributed by atoms with van der Waals surface area (Å²) in [5.41, 5.74) is 1.81. The molecule has 0 spiro atoms. The zero-order valence-corrected chi connectivity index (χ0v) is 14.3. The third-order valence-corrected chi connectivity index (χ3v) is 4.44. The van der Waals surface area contributed by atoms with Crippen LogP contribution in [-0.4, -0.2) is 24.0 Å². The van der Waals surface area contributed by atoms with Crippen LogP contribution in [0.3, 0.4) is 0 Å². The maximum absolute atomic E-state index is 12.6. The summed E-state index contributed by atoms with van der Waals surface area (Å²) in [7, 11) is 0. The molecule has 0 saturated carbocycles. The minimum atomic E-state index is -0.362. The molecule has 0 radical (unpaired) electrons. The number of nitrogens with zero attached hydrogens (tertiary/aromatic N) is 1. The first kappa shape index (κ1) is 17.0. The summed E-state index contributed by atoms with van der Waals surface area (Å²) in [6, 6.07) is 13.6. The Morgan fingerprint density at radius 1 is 1.00 bits per heavy atom. The van der Waals surface area contributed by atoms with Crippen LogP contribution in [-0.2, 0) is 4.79 Å². The van der Waals surface area contributed by atoms with Gasteiger partial charge in [-0.05, 0) is 54.6 Å². The first-order chi connectivity index (χ1) is 12.1. The van der Waals surface area contributed by atoms with Crippen molar-refractivity contribution in [3.05, 3.63) is 64.6 Å². The molecule has 6 heteroatoms. The van der Waals surface area contributed by atoms with Crippen LogP contribution in [0.25, 0.3) is 6.08 Å². The number of anilines is 1. The van der Waals surface area contributed by atoms with Gasteiger partial charge in [0.2, 0.25) is 0 Å². The largest absolute Gasteiger partial charge is 0.494 e. The maximum Gasteiger partial charge on any atom is 0.298 e. The Kier molecular flexibility index (Phi) is 5.00. The van der Waals surface area contributed by atoms with Crippen LogP contribution in [0.1, 0.15) is 22.8 Å². The fraction of sp³-hybridized carbons (Fsp3) is 0.105. The number of amides is 2. The summed E-state index contributed by atoms with van der Waals surface area (Å²) in [6.07, 6.45) is 2.40. The second kappa shape index (κ2) is 7.36. The molecule has 1 aliphatic heterocycles. The molecule has 5 nitrogen and oxygen atoms in total. The molecular weight excluding hydrogens is 338 g/mol. The van der Waals surface area contributed by atoms with Crippen molar-refractivity contribution >= 4 is 41.0 Å². The molecule has 0 unspecified atom stereocenters. The van der Waals surface area contributed by atoms with Gasteiger partial charge in [-0.2, -0.15) is 0 Å². The number of hydrogen-bond donors (Lipinski definition) is 0. The van der Waals surface area contributed by atoms with Gasteiger partial charge in [-0.3, -0.25) is 14.4 Å². The van der Waals surface area contributed by atoms with Gasteiger partial charge in [-0.15, -0.1) is 0 Å². The van der Waals surface area contributed by atoms with Crippen molar-refractivity contribution in [1.82, 2.24) is 0 Å². The Morgan fingerprint density at radius 2 is 1.64 bits per heavy atom. The van der Waals surface area contributed by atoms with Crippen molar-refractivity contribution in [2.75, 3.05) is 11.5 Å². The highest BCUT2D eigenvalue weighted by molar-refractivity contribution is 8.19. The third kappa shape index (κ3) is 3.64. The average Bonchev–Trinajstić information content (AvgIpc) is 2.90. The van der Waals surface area contributed by atoms with E-state index in [4.69, 9.17) is 4.74 Å². The van der Waals surface area contributed by atoms with E-state index in [9.17, 15) is 14.4 Å². The topological polar surface area (TPSA) is 63.7 Å². The highest BCUT2D eigenvalue weighted by Gasteiger charge is 2.36. The van der Waals surface area contributed by atoms with E-state index in [2.05, 4.69) is 0 Å². The molecule has 1 saturated heterocycles. The van der Waals surface area contributed by atoms with Gasteiger partial charge in [0, 0.05) is 5.56 Å². The molecule has 2 amide bonds. The fourth-order valence-corrected chi connectivity index (χ4v) is 3.21. The average molecular weight is 353 g/mol. The lowest BCUT2D eigenvalue weighted by Crippen LogP contribution is -2.27. The molecule has 1 aliphatic rings. The first-order valence-electron chi connectivity index (χ1n) is 7.68. The molecule has 25 heavy (non-hydrogen) atoms. The van der Waals surface area contributed by atoms with E-state index in [1.54, 1.807) is 54.6 Å². The number of carbonyl (C=O) groups excluding carboxylic acids is 3. The predicted molar refractivity (Wildman–Crippen MR) is 97.9 cm³/mol. The molecule has 0 atom stereocenters. The van der Waals surface area contributed by atoms with Crippen molar-refractivity contribution in [3.63, 3.8) is 0 Å². The number of imide groups is 1. The predicted octanol–water partition coefficient (Wildman–Crippen LogP) is 4.14. The van der Waals surface area contributed by atoms with Crippen LogP contribution in [0.15, 0.2) is 53.4 Å². The summed E-state index contributed by atoms with van der Waals surface area (Å²) in [6.45, 7) is 2.43. The van der Waals surface area contributed by atoms with E-state index < -0.39 is 0 Å². The quantitative estimate of drug-likeness (QED) is 0.597. The van der Waals surface area contributed by atoms with Crippen LogP contribution in [0.5, 0.6) is 5.75 Å². The molecule has 0 bridgehead atoms. The summed E-state index contributed by atoms with van der Waals surface area (Å²) in [5.74, 6) is 0.322. The van der Waals surface area contributed by atoms with E-state index in [0.717, 1.165) is 28.5 Å². The van der Waals surface area contributed by atoms with Crippen molar-refractivity contribution in [2.24, 2.45) is 0 Å². The number of ether oxygens (including phenoxy) is 1. The summed E-state index contributed by atoms with van der Waals surface area (Å²) >= 11 is 0.894. The number of hydrogen-bond acceptors (Lipinski definition) is 5. The second-order valence-electron chi connectivity index (χ2n) is 5.23. The van der Waals surface area contributed by atoms with Gasteiger partial charge in [0.1, 0.15) is 12.0 Å². The van der Waals surface area contributed by atoms with Gasteiger partial charge in [0.15, 0.2) is 0 Å². The van der Waals surface area contributed by atoms with E-state index in [1.165, 1.54) is 0 Å². The van der Waals surface area contributed by atoms with Gasteiger partial charge >= 0.3 is 0 Å². The third-order valence-electron chi connectivity index (χ3n) is 3.57.